The molecule has 1 aliphatic rings. The molecule has 10 heteroatoms. The van der Waals surface area contributed by atoms with Gasteiger partial charge in [-0.2, -0.15) is 0 Å². The molecule has 0 radical (unpaired) electrons. The van der Waals surface area contributed by atoms with Crippen molar-refractivity contribution in [3.05, 3.63) is 113 Å². The third-order valence-corrected chi connectivity index (χ3v) is 8.47. The fourth-order valence-corrected chi connectivity index (χ4v) is 6.66. The number of nitrogens with zero attached hydrogens (tertiary/aromatic N) is 3. The molecular formula is C32H30BrN3O5S. The Kier molecular flexibility index (Phi) is 8.65. The molecule has 0 aliphatic carbocycles. The fourth-order valence-electron chi connectivity index (χ4n) is 4.91. The summed E-state index contributed by atoms with van der Waals surface area (Å²) in [6.07, 6.45) is 1.84. The highest BCUT2D eigenvalue weighted by Crippen LogP contribution is 2.38. The van der Waals surface area contributed by atoms with Crippen molar-refractivity contribution in [2.24, 2.45) is 4.99 Å². The van der Waals surface area contributed by atoms with Crippen molar-refractivity contribution in [3.63, 3.8) is 0 Å². The van der Waals surface area contributed by atoms with Crippen LogP contribution in [0.25, 0.3) is 11.8 Å². The molecule has 1 aliphatic heterocycles. The van der Waals surface area contributed by atoms with Crippen LogP contribution in [0, 0.1) is 0 Å². The minimum absolute atomic E-state index is 0.172. The van der Waals surface area contributed by atoms with Crippen LogP contribution in [-0.4, -0.2) is 45.5 Å². The smallest absolute Gasteiger partial charge is 0.338 e. The maximum absolute atomic E-state index is 14.1. The number of benzene rings is 3. The molecule has 3 aromatic carbocycles. The summed E-state index contributed by atoms with van der Waals surface area (Å²) in [7, 11) is 7.04. The Bertz CT molecular complexity index is 1860. The van der Waals surface area contributed by atoms with Crippen molar-refractivity contribution < 1.29 is 19.0 Å². The number of carbonyl (C=O) groups is 1. The molecule has 0 spiro atoms. The second-order valence-electron chi connectivity index (χ2n) is 9.65. The van der Waals surface area contributed by atoms with Crippen molar-refractivity contribution in [3.8, 4) is 11.5 Å². The molecule has 42 heavy (non-hydrogen) atoms. The van der Waals surface area contributed by atoms with Gasteiger partial charge in [-0.3, -0.25) is 9.36 Å². The molecule has 0 saturated carbocycles. The molecule has 0 bridgehead atoms. The van der Waals surface area contributed by atoms with Gasteiger partial charge in [-0.1, -0.05) is 53.8 Å². The van der Waals surface area contributed by atoms with Crippen LogP contribution in [0.2, 0.25) is 0 Å². The number of aromatic nitrogens is 1. The van der Waals surface area contributed by atoms with E-state index in [0.717, 1.165) is 21.3 Å². The number of ether oxygens (including phenoxy) is 3. The first-order valence-electron chi connectivity index (χ1n) is 13.2. The van der Waals surface area contributed by atoms with E-state index in [4.69, 9.17) is 19.2 Å². The zero-order valence-corrected chi connectivity index (χ0v) is 26.3. The van der Waals surface area contributed by atoms with Gasteiger partial charge in [0.15, 0.2) is 16.3 Å². The molecule has 8 nitrogen and oxygen atoms in total. The lowest BCUT2D eigenvalue weighted by atomic mass is 9.93. The summed E-state index contributed by atoms with van der Waals surface area (Å²) in [4.78, 5) is 35.2. The summed E-state index contributed by atoms with van der Waals surface area (Å²) in [5, 5.41) is 0. The van der Waals surface area contributed by atoms with Gasteiger partial charge in [-0.05, 0) is 64.3 Å². The molecule has 0 unspecified atom stereocenters. The van der Waals surface area contributed by atoms with Crippen LogP contribution in [0.15, 0.2) is 86.6 Å². The number of rotatable bonds is 8. The number of hydrogen-bond acceptors (Lipinski definition) is 8. The first kappa shape index (κ1) is 29.3. The van der Waals surface area contributed by atoms with Gasteiger partial charge in [-0.15, -0.1) is 0 Å². The molecule has 4 aromatic rings. The molecule has 0 fully saturated rings. The third kappa shape index (κ3) is 5.52. The lowest BCUT2D eigenvalue weighted by Gasteiger charge is -2.26. The summed E-state index contributed by atoms with van der Waals surface area (Å²) >= 11 is 4.91. The van der Waals surface area contributed by atoms with Crippen LogP contribution in [-0.2, 0) is 9.53 Å². The number of esters is 1. The Balaban J connectivity index is 1.81. The Labute approximate surface area is 255 Å². The van der Waals surface area contributed by atoms with Gasteiger partial charge in [0.1, 0.15) is 0 Å². The highest BCUT2D eigenvalue weighted by Gasteiger charge is 2.35. The van der Waals surface area contributed by atoms with Gasteiger partial charge < -0.3 is 19.1 Å². The number of hydrogen-bond donors (Lipinski definition) is 0. The predicted molar refractivity (Wildman–Crippen MR) is 169 cm³/mol. The Morgan fingerprint density at radius 2 is 1.79 bits per heavy atom. The average molecular weight is 649 g/mol. The van der Waals surface area contributed by atoms with Crippen LogP contribution >= 0.6 is 27.3 Å². The van der Waals surface area contributed by atoms with E-state index in [1.807, 2.05) is 79.7 Å². The van der Waals surface area contributed by atoms with Gasteiger partial charge in [0.2, 0.25) is 0 Å². The van der Waals surface area contributed by atoms with Gasteiger partial charge in [0, 0.05) is 24.1 Å². The van der Waals surface area contributed by atoms with E-state index in [-0.39, 0.29) is 17.7 Å². The Morgan fingerprint density at radius 3 is 2.43 bits per heavy atom. The van der Waals surface area contributed by atoms with E-state index < -0.39 is 12.0 Å². The van der Waals surface area contributed by atoms with Gasteiger partial charge in [-0.25, -0.2) is 9.79 Å². The predicted octanol–water partition coefficient (Wildman–Crippen LogP) is 4.78. The van der Waals surface area contributed by atoms with Gasteiger partial charge in [0.05, 0.1) is 48.4 Å². The third-order valence-electron chi connectivity index (χ3n) is 6.85. The highest BCUT2D eigenvalue weighted by molar-refractivity contribution is 9.10. The van der Waals surface area contributed by atoms with E-state index in [2.05, 4.69) is 15.9 Å². The molecule has 0 N–H and O–H groups in total. The van der Waals surface area contributed by atoms with E-state index >= 15 is 0 Å². The SMILES string of the molecule is CCOC(=O)C1=C(c2ccccc2)N=c2s/c(=C\c3ccc(N(C)C)c(Br)c3)c(=O)n2[C@H]1c1ccc(OC)c(OC)c1. The van der Waals surface area contributed by atoms with Crippen molar-refractivity contribution in [1.82, 2.24) is 4.57 Å². The lowest BCUT2D eigenvalue weighted by Crippen LogP contribution is -2.40. The summed E-state index contributed by atoms with van der Waals surface area (Å²) in [6.45, 7) is 1.92. The van der Waals surface area contributed by atoms with Gasteiger partial charge >= 0.3 is 5.97 Å². The van der Waals surface area contributed by atoms with Crippen molar-refractivity contribution in [2.45, 2.75) is 13.0 Å². The molecule has 5 rings (SSSR count). The fraction of sp³-hybridized carbons (Fsp3) is 0.219. The number of halogens is 1. The van der Waals surface area contributed by atoms with Crippen molar-refractivity contribution in [1.29, 1.82) is 0 Å². The molecule has 216 valence electrons. The molecular weight excluding hydrogens is 618 g/mol. The molecule has 2 heterocycles. The minimum atomic E-state index is -0.819. The van der Waals surface area contributed by atoms with E-state index in [1.165, 1.54) is 11.3 Å². The van der Waals surface area contributed by atoms with Crippen molar-refractivity contribution >= 4 is 50.7 Å². The summed E-state index contributed by atoms with van der Waals surface area (Å²) < 4.78 is 19.5. The Morgan fingerprint density at radius 1 is 1.05 bits per heavy atom. The van der Waals surface area contributed by atoms with Crippen LogP contribution in [0.4, 0.5) is 5.69 Å². The monoisotopic (exact) mass is 647 g/mol. The largest absolute Gasteiger partial charge is 0.493 e. The second-order valence-corrected chi connectivity index (χ2v) is 11.5. The summed E-state index contributed by atoms with van der Waals surface area (Å²) in [5.74, 6) is 0.465. The first-order valence-corrected chi connectivity index (χ1v) is 14.9. The zero-order chi connectivity index (χ0) is 30.0. The standard InChI is InChI=1S/C32H30BrN3O5S/c1-6-41-31(38)27-28(20-10-8-7-9-11-20)34-32-36(29(27)21-13-15-24(39-4)25(18-21)40-5)30(37)26(42-32)17-19-12-14-23(35(2)3)22(33)16-19/h7-18,29H,6H2,1-5H3/b26-17-/t29-/m0/s1. The van der Waals surface area contributed by atoms with Crippen LogP contribution in [0.5, 0.6) is 11.5 Å². The molecule has 1 atom stereocenters. The van der Waals surface area contributed by atoms with E-state index in [9.17, 15) is 9.59 Å². The Hall–Kier alpha value is -4.15. The number of fused-ring (bicyclic) bond motifs is 1. The van der Waals surface area contributed by atoms with Gasteiger partial charge in [0.25, 0.3) is 5.56 Å². The highest BCUT2D eigenvalue weighted by atomic mass is 79.9. The number of anilines is 1. The van der Waals surface area contributed by atoms with Crippen LogP contribution in [0.3, 0.4) is 0 Å². The number of methoxy groups -OCH3 is 2. The maximum Gasteiger partial charge on any atom is 0.338 e. The molecule has 0 saturated heterocycles. The lowest BCUT2D eigenvalue weighted by molar-refractivity contribution is -0.138. The first-order chi connectivity index (χ1) is 20.3. The quantitative estimate of drug-likeness (QED) is 0.256. The minimum Gasteiger partial charge on any atom is -0.493 e. The summed E-state index contributed by atoms with van der Waals surface area (Å²) in [5.41, 5.74) is 3.74. The second kappa shape index (κ2) is 12.4. The normalized spacial score (nSPS) is 14.7. The van der Waals surface area contributed by atoms with E-state index in [1.54, 1.807) is 37.8 Å². The van der Waals surface area contributed by atoms with Crippen LogP contribution < -0.4 is 29.3 Å². The van der Waals surface area contributed by atoms with Crippen LogP contribution in [0.1, 0.15) is 29.7 Å². The zero-order valence-electron chi connectivity index (χ0n) is 23.9. The summed E-state index contributed by atoms with van der Waals surface area (Å²) in [6, 6.07) is 19.9. The molecule has 1 aromatic heterocycles. The number of thiazole rings is 1. The topological polar surface area (TPSA) is 82.4 Å². The average Bonchev–Trinajstić information content (AvgIpc) is 3.30. The maximum atomic E-state index is 14.1. The van der Waals surface area contributed by atoms with E-state index in [0.29, 0.717) is 32.1 Å². The molecule has 0 amide bonds. The number of carbonyl (C=O) groups excluding carboxylic acids is 1. The van der Waals surface area contributed by atoms with Crippen molar-refractivity contribution in [2.75, 3.05) is 39.8 Å².